The Bertz CT molecular complexity index is 390. The molecule has 2 atom stereocenters. The Morgan fingerprint density at radius 2 is 1.85 bits per heavy atom. The van der Waals surface area contributed by atoms with Crippen LogP contribution in [-0.4, -0.2) is 41.1 Å². The van der Waals surface area contributed by atoms with Crippen molar-refractivity contribution in [1.29, 1.82) is 0 Å². The third kappa shape index (κ3) is 5.90. The van der Waals surface area contributed by atoms with Gasteiger partial charge in [0.1, 0.15) is 0 Å². The Hall–Kier alpha value is -1.79. The van der Waals surface area contributed by atoms with Crippen LogP contribution < -0.4 is 16.0 Å². The Morgan fingerprint density at radius 1 is 1.20 bits per heavy atom. The van der Waals surface area contributed by atoms with Crippen molar-refractivity contribution >= 4 is 17.9 Å². The Balaban J connectivity index is 2.25. The van der Waals surface area contributed by atoms with Gasteiger partial charge in [-0.25, -0.2) is 4.79 Å². The highest BCUT2D eigenvalue weighted by atomic mass is 16.4. The summed E-state index contributed by atoms with van der Waals surface area (Å²) in [6.45, 7) is 5.47. The van der Waals surface area contributed by atoms with Crippen LogP contribution in [0, 0.1) is 5.92 Å². The standard InChI is InChI=1S/C13H23N3O4/c1-13(2,3)16-10(17)7-14-12(20)15-9-5-4-8(6-9)11(18)19/h8-9H,4-7H2,1-3H3,(H,16,17)(H,18,19)(H2,14,15,20). The summed E-state index contributed by atoms with van der Waals surface area (Å²) >= 11 is 0. The summed E-state index contributed by atoms with van der Waals surface area (Å²) in [6.07, 6.45) is 1.67. The third-order valence-electron chi connectivity index (χ3n) is 3.04. The van der Waals surface area contributed by atoms with Gasteiger partial charge in [0, 0.05) is 11.6 Å². The Kier molecular flexibility index (Phi) is 5.35. The lowest BCUT2D eigenvalue weighted by molar-refractivity contribution is -0.141. The minimum absolute atomic E-state index is 0.0990. The third-order valence-corrected chi connectivity index (χ3v) is 3.04. The first-order valence-electron chi connectivity index (χ1n) is 6.75. The molecule has 0 aromatic carbocycles. The molecule has 7 nitrogen and oxygen atoms in total. The van der Waals surface area contributed by atoms with E-state index in [0.29, 0.717) is 19.3 Å². The molecule has 114 valence electrons. The first-order chi connectivity index (χ1) is 9.17. The zero-order chi connectivity index (χ0) is 15.3. The molecule has 7 heteroatoms. The number of carboxylic acid groups (broad SMARTS) is 1. The van der Waals surface area contributed by atoms with Crippen LogP contribution in [0.4, 0.5) is 4.79 Å². The van der Waals surface area contributed by atoms with Crippen LogP contribution in [0.15, 0.2) is 0 Å². The van der Waals surface area contributed by atoms with Gasteiger partial charge in [-0.2, -0.15) is 0 Å². The van der Waals surface area contributed by atoms with E-state index in [-0.39, 0.29) is 30.0 Å². The molecule has 1 fully saturated rings. The van der Waals surface area contributed by atoms with Gasteiger partial charge >= 0.3 is 12.0 Å². The second kappa shape index (κ2) is 6.58. The van der Waals surface area contributed by atoms with Crippen molar-refractivity contribution in [2.24, 2.45) is 5.92 Å². The summed E-state index contributed by atoms with van der Waals surface area (Å²) in [5.41, 5.74) is -0.338. The molecule has 0 saturated heterocycles. The van der Waals surface area contributed by atoms with Crippen LogP contribution in [0.1, 0.15) is 40.0 Å². The van der Waals surface area contributed by atoms with Gasteiger partial charge in [0.05, 0.1) is 12.5 Å². The maximum absolute atomic E-state index is 11.6. The predicted molar refractivity (Wildman–Crippen MR) is 73.2 cm³/mol. The molecule has 0 aromatic heterocycles. The number of nitrogens with one attached hydrogen (secondary N) is 3. The largest absolute Gasteiger partial charge is 0.481 e. The lowest BCUT2D eigenvalue weighted by Crippen LogP contribution is -2.48. The molecule has 20 heavy (non-hydrogen) atoms. The maximum atomic E-state index is 11.6. The quantitative estimate of drug-likeness (QED) is 0.601. The summed E-state index contributed by atoms with van der Waals surface area (Å²) in [5, 5.41) is 16.8. The number of hydrogen-bond donors (Lipinski definition) is 4. The highest BCUT2D eigenvalue weighted by Gasteiger charge is 2.30. The van der Waals surface area contributed by atoms with E-state index in [1.165, 1.54) is 0 Å². The van der Waals surface area contributed by atoms with E-state index < -0.39 is 12.0 Å². The molecule has 0 heterocycles. The van der Waals surface area contributed by atoms with E-state index in [0.717, 1.165) is 0 Å². The number of carboxylic acids is 1. The van der Waals surface area contributed by atoms with E-state index in [2.05, 4.69) is 16.0 Å². The average molecular weight is 285 g/mol. The molecule has 2 unspecified atom stereocenters. The van der Waals surface area contributed by atoms with E-state index in [9.17, 15) is 14.4 Å². The highest BCUT2D eigenvalue weighted by molar-refractivity contribution is 5.84. The second-order valence-electron chi connectivity index (χ2n) is 6.17. The van der Waals surface area contributed by atoms with Gasteiger partial charge in [0.15, 0.2) is 0 Å². The van der Waals surface area contributed by atoms with Crippen molar-refractivity contribution in [2.75, 3.05) is 6.54 Å². The summed E-state index contributed by atoms with van der Waals surface area (Å²) in [6, 6.07) is -0.577. The molecule has 1 rings (SSSR count). The van der Waals surface area contributed by atoms with Crippen LogP contribution in [0.2, 0.25) is 0 Å². The van der Waals surface area contributed by atoms with Crippen LogP contribution in [0.3, 0.4) is 0 Å². The fourth-order valence-electron chi connectivity index (χ4n) is 2.20. The van der Waals surface area contributed by atoms with Crippen LogP contribution in [0.5, 0.6) is 0 Å². The monoisotopic (exact) mass is 285 g/mol. The molecule has 0 aliphatic heterocycles. The Labute approximate surface area is 118 Å². The van der Waals surface area contributed by atoms with Gasteiger partial charge in [-0.1, -0.05) is 0 Å². The SMILES string of the molecule is CC(C)(C)NC(=O)CNC(=O)NC1CCC(C(=O)O)C1. The molecule has 0 aromatic rings. The summed E-state index contributed by atoms with van der Waals surface area (Å²) in [7, 11) is 0. The summed E-state index contributed by atoms with van der Waals surface area (Å²) < 4.78 is 0. The molecule has 1 aliphatic rings. The van der Waals surface area contributed by atoms with Crippen molar-refractivity contribution in [3.05, 3.63) is 0 Å². The molecule has 4 N–H and O–H groups in total. The first kappa shape index (κ1) is 16.3. The lowest BCUT2D eigenvalue weighted by Gasteiger charge is -2.21. The molecule has 0 radical (unpaired) electrons. The summed E-state index contributed by atoms with van der Waals surface area (Å²) in [5.74, 6) is -1.47. The number of hydrogen-bond acceptors (Lipinski definition) is 3. The van der Waals surface area contributed by atoms with E-state index in [1.54, 1.807) is 0 Å². The van der Waals surface area contributed by atoms with Crippen molar-refractivity contribution in [2.45, 2.75) is 51.6 Å². The van der Waals surface area contributed by atoms with Crippen LogP contribution in [0.25, 0.3) is 0 Å². The topological polar surface area (TPSA) is 108 Å². The van der Waals surface area contributed by atoms with Gasteiger partial charge < -0.3 is 21.1 Å². The molecule has 0 bridgehead atoms. The zero-order valence-corrected chi connectivity index (χ0v) is 12.2. The van der Waals surface area contributed by atoms with Gasteiger partial charge in [-0.15, -0.1) is 0 Å². The first-order valence-corrected chi connectivity index (χ1v) is 6.75. The van der Waals surface area contributed by atoms with Gasteiger partial charge in [0.2, 0.25) is 5.91 Å². The fraction of sp³-hybridized carbons (Fsp3) is 0.769. The van der Waals surface area contributed by atoms with Crippen molar-refractivity contribution < 1.29 is 19.5 Å². The second-order valence-corrected chi connectivity index (χ2v) is 6.17. The number of rotatable bonds is 4. The minimum Gasteiger partial charge on any atom is -0.481 e. The average Bonchev–Trinajstić information content (AvgIpc) is 2.72. The van der Waals surface area contributed by atoms with E-state index in [1.807, 2.05) is 20.8 Å². The smallest absolute Gasteiger partial charge is 0.315 e. The van der Waals surface area contributed by atoms with E-state index in [4.69, 9.17) is 5.11 Å². The van der Waals surface area contributed by atoms with Crippen molar-refractivity contribution in [3.63, 3.8) is 0 Å². The van der Waals surface area contributed by atoms with Gasteiger partial charge in [0.25, 0.3) is 0 Å². The maximum Gasteiger partial charge on any atom is 0.315 e. The normalized spacial score (nSPS) is 22.1. The predicted octanol–water partition coefficient (Wildman–Crippen LogP) is 0.454. The number of carbonyl (C=O) groups is 3. The molecule has 3 amide bonds. The zero-order valence-electron chi connectivity index (χ0n) is 12.2. The molecule has 1 saturated carbocycles. The van der Waals surface area contributed by atoms with Crippen LogP contribution >= 0.6 is 0 Å². The Morgan fingerprint density at radius 3 is 2.35 bits per heavy atom. The minimum atomic E-state index is -0.820. The molecular formula is C13H23N3O4. The molecule has 0 spiro atoms. The van der Waals surface area contributed by atoms with Gasteiger partial charge in [-0.3, -0.25) is 9.59 Å². The van der Waals surface area contributed by atoms with Crippen molar-refractivity contribution in [3.8, 4) is 0 Å². The van der Waals surface area contributed by atoms with Gasteiger partial charge in [-0.05, 0) is 40.0 Å². The lowest BCUT2D eigenvalue weighted by atomic mass is 10.1. The van der Waals surface area contributed by atoms with E-state index >= 15 is 0 Å². The number of amides is 3. The van der Waals surface area contributed by atoms with Crippen LogP contribution in [-0.2, 0) is 9.59 Å². The fourth-order valence-corrected chi connectivity index (χ4v) is 2.20. The molecule has 1 aliphatic carbocycles. The molecular weight excluding hydrogens is 262 g/mol. The number of aliphatic carboxylic acids is 1. The van der Waals surface area contributed by atoms with Crippen molar-refractivity contribution in [1.82, 2.24) is 16.0 Å². The highest BCUT2D eigenvalue weighted by Crippen LogP contribution is 2.25. The summed E-state index contributed by atoms with van der Waals surface area (Å²) in [4.78, 5) is 33.9. The number of urea groups is 1. The number of carbonyl (C=O) groups excluding carboxylic acids is 2.